The van der Waals surface area contributed by atoms with Crippen LogP contribution >= 0.6 is 0 Å². The van der Waals surface area contributed by atoms with E-state index in [4.69, 9.17) is 4.42 Å². The lowest BCUT2D eigenvalue weighted by molar-refractivity contribution is 0.102. The van der Waals surface area contributed by atoms with Crippen molar-refractivity contribution in [2.75, 3.05) is 5.32 Å². The van der Waals surface area contributed by atoms with Crippen molar-refractivity contribution in [2.24, 2.45) is 0 Å². The van der Waals surface area contributed by atoms with Crippen molar-refractivity contribution >= 4 is 22.6 Å². The highest BCUT2D eigenvalue weighted by Crippen LogP contribution is 2.29. The number of hydrogen-bond acceptors (Lipinski definition) is 5. The van der Waals surface area contributed by atoms with Crippen LogP contribution in [-0.2, 0) is 0 Å². The Labute approximate surface area is 178 Å². The van der Waals surface area contributed by atoms with Crippen LogP contribution in [0.2, 0.25) is 0 Å². The molecule has 4 heterocycles. The number of aromatic amines is 1. The molecule has 1 aromatic carbocycles. The number of carbonyl (C=O) groups is 1. The van der Waals surface area contributed by atoms with Gasteiger partial charge in [-0.1, -0.05) is 24.3 Å². The molecule has 0 saturated carbocycles. The van der Waals surface area contributed by atoms with Crippen LogP contribution in [0.1, 0.15) is 30.4 Å². The summed E-state index contributed by atoms with van der Waals surface area (Å²) in [5.74, 6) is 0.820. The number of aromatic nitrogens is 5. The van der Waals surface area contributed by atoms with Crippen molar-refractivity contribution in [3.05, 3.63) is 73.1 Å². The Balaban J connectivity index is 1.44. The minimum atomic E-state index is -0.274. The number of benzene rings is 1. The molecule has 31 heavy (non-hydrogen) atoms. The van der Waals surface area contributed by atoms with E-state index in [1.54, 1.807) is 24.9 Å². The second-order valence-corrected chi connectivity index (χ2v) is 7.48. The van der Waals surface area contributed by atoms with Crippen molar-refractivity contribution < 1.29 is 9.21 Å². The quantitative estimate of drug-likeness (QED) is 0.427. The van der Waals surface area contributed by atoms with E-state index in [1.165, 1.54) is 0 Å². The molecule has 2 N–H and O–H groups in total. The number of rotatable bonds is 5. The van der Waals surface area contributed by atoms with Crippen molar-refractivity contribution in [2.45, 2.75) is 19.9 Å². The molecule has 0 aliphatic rings. The smallest absolute Gasteiger partial charge is 0.273 e. The summed E-state index contributed by atoms with van der Waals surface area (Å²) in [4.78, 5) is 20.7. The first-order valence-electron chi connectivity index (χ1n) is 9.93. The fourth-order valence-corrected chi connectivity index (χ4v) is 3.55. The molecule has 1 amide bonds. The van der Waals surface area contributed by atoms with Gasteiger partial charge in [-0.05, 0) is 38.1 Å². The Morgan fingerprint density at radius 2 is 2.03 bits per heavy atom. The number of fused-ring (bicyclic) bond motifs is 1. The van der Waals surface area contributed by atoms with Gasteiger partial charge in [0.2, 0.25) is 0 Å². The molecule has 4 aromatic heterocycles. The summed E-state index contributed by atoms with van der Waals surface area (Å²) in [6, 6.07) is 15.2. The number of nitrogens with one attached hydrogen (secondary N) is 2. The maximum Gasteiger partial charge on any atom is 0.273 e. The lowest BCUT2D eigenvalue weighted by Gasteiger charge is -2.10. The highest BCUT2D eigenvalue weighted by molar-refractivity contribution is 6.07. The largest absolute Gasteiger partial charge is 0.472 e. The van der Waals surface area contributed by atoms with Gasteiger partial charge in [0.05, 0.1) is 18.0 Å². The van der Waals surface area contributed by atoms with E-state index in [0.717, 1.165) is 22.0 Å². The molecule has 154 valence electrons. The summed E-state index contributed by atoms with van der Waals surface area (Å²) in [5, 5.41) is 12.0. The Morgan fingerprint density at radius 1 is 1.16 bits per heavy atom. The van der Waals surface area contributed by atoms with Crippen LogP contribution in [0.3, 0.4) is 0 Å². The average Bonchev–Trinajstić information content (AvgIpc) is 3.53. The van der Waals surface area contributed by atoms with Gasteiger partial charge in [-0.15, -0.1) is 10.2 Å². The van der Waals surface area contributed by atoms with E-state index in [0.29, 0.717) is 23.0 Å². The second kappa shape index (κ2) is 7.56. The van der Waals surface area contributed by atoms with Gasteiger partial charge in [-0.3, -0.25) is 4.79 Å². The normalized spacial score (nSPS) is 11.3. The monoisotopic (exact) mass is 412 g/mol. The molecule has 0 aliphatic heterocycles. The third-order valence-electron chi connectivity index (χ3n) is 5.08. The summed E-state index contributed by atoms with van der Waals surface area (Å²) in [6.07, 6.45) is 4.99. The first kappa shape index (κ1) is 18.8. The Morgan fingerprint density at radius 3 is 2.84 bits per heavy atom. The first-order chi connectivity index (χ1) is 15.1. The number of carbonyl (C=O) groups excluding carboxylic acids is 1. The molecular formula is C23H20N6O2. The van der Waals surface area contributed by atoms with E-state index in [1.807, 2.05) is 60.9 Å². The molecule has 5 aromatic rings. The van der Waals surface area contributed by atoms with Gasteiger partial charge in [0.1, 0.15) is 23.5 Å². The minimum absolute atomic E-state index is 0.195. The second-order valence-electron chi connectivity index (χ2n) is 7.48. The van der Waals surface area contributed by atoms with E-state index in [2.05, 4.69) is 25.5 Å². The van der Waals surface area contributed by atoms with Crippen molar-refractivity contribution in [3.8, 4) is 22.6 Å². The Bertz CT molecular complexity index is 1360. The Hall–Kier alpha value is -4.20. The first-order valence-corrected chi connectivity index (χ1v) is 9.93. The Kier molecular flexibility index (Phi) is 4.59. The highest BCUT2D eigenvalue weighted by atomic mass is 16.3. The van der Waals surface area contributed by atoms with Crippen molar-refractivity contribution in [1.29, 1.82) is 0 Å². The van der Waals surface area contributed by atoms with Gasteiger partial charge >= 0.3 is 0 Å². The predicted octanol–water partition coefficient (Wildman–Crippen LogP) is 4.91. The van der Waals surface area contributed by atoms with Crippen LogP contribution in [0.4, 0.5) is 5.82 Å². The molecule has 0 saturated heterocycles. The lowest BCUT2D eigenvalue weighted by Crippen LogP contribution is -2.13. The zero-order valence-electron chi connectivity index (χ0n) is 17.0. The molecule has 0 radical (unpaired) electrons. The zero-order chi connectivity index (χ0) is 21.4. The molecule has 0 bridgehead atoms. The molecule has 5 rings (SSSR count). The third kappa shape index (κ3) is 3.48. The number of pyridine rings is 1. The number of amides is 1. The van der Waals surface area contributed by atoms with Gasteiger partial charge in [-0.2, -0.15) is 0 Å². The molecule has 8 nitrogen and oxygen atoms in total. The molecule has 0 atom stereocenters. The molecular weight excluding hydrogens is 392 g/mol. The summed E-state index contributed by atoms with van der Waals surface area (Å²) < 4.78 is 7.14. The summed E-state index contributed by atoms with van der Waals surface area (Å²) in [6.45, 7) is 4.10. The van der Waals surface area contributed by atoms with Gasteiger partial charge in [-0.25, -0.2) is 4.98 Å². The van der Waals surface area contributed by atoms with Gasteiger partial charge in [0.25, 0.3) is 5.91 Å². The van der Waals surface area contributed by atoms with Crippen LogP contribution < -0.4 is 5.32 Å². The van der Waals surface area contributed by atoms with Crippen molar-refractivity contribution in [1.82, 2.24) is 24.7 Å². The lowest BCUT2D eigenvalue weighted by atomic mass is 10.1. The van der Waals surface area contributed by atoms with Gasteiger partial charge in [0.15, 0.2) is 5.82 Å². The SMILES string of the molecule is CC(C)n1cnnc1-c1cccc(NC(=O)c2cc3cccc(-c4ccoc4)c3[nH]2)n1. The van der Waals surface area contributed by atoms with Crippen LogP contribution in [0, 0.1) is 0 Å². The van der Waals surface area contributed by atoms with E-state index >= 15 is 0 Å². The highest BCUT2D eigenvalue weighted by Gasteiger charge is 2.15. The minimum Gasteiger partial charge on any atom is -0.472 e. The fourth-order valence-electron chi connectivity index (χ4n) is 3.55. The number of nitrogens with zero attached hydrogens (tertiary/aromatic N) is 4. The maximum atomic E-state index is 12.9. The number of hydrogen-bond donors (Lipinski definition) is 2. The topological polar surface area (TPSA) is 102 Å². The molecule has 0 unspecified atom stereocenters. The number of anilines is 1. The van der Waals surface area contributed by atoms with Crippen LogP contribution in [0.5, 0.6) is 0 Å². The number of para-hydroxylation sites is 1. The zero-order valence-corrected chi connectivity index (χ0v) is 17.0. The van der Waals surface area contributed by atoms with E-state index in [9.17, 15) is 4.79 Å². The molecule has 0 spiro atoms. The van der Waals surface area contributed by atoms with Gasteiger partial charge in [0, 0.05) is 22.6 Å². The van der Waals surface area contributed by atoms with Crippen LogP contribution in [-0.4, -0.2) is 30.6 Å². The standard InChI is InChI=1S/C23H20N6O2/c1-14(2)29-13-24-28-22(29)18-7-4-8-20(25-18)27-23(30)19-11-15-5-3-6-17(21(15)26-19)16-9-10-31-12-16/h3-14,26H,1-2H3,(H,25,27,30). The van der Waals surface area contributed by atoms with Crippen LogP contribution in [0.25, 0.3) is 33.5 Å². The summed E-state index contributed by atoms with van der Waals surface area (Å²) in [7, 11) is 0. The number of furan rings is 1. The average molecular weight is 412 g/mol. The van der Waals surface area contributed by atoms with Crippen molar-refractivity contribution in [3.63, 3.8) is 0 Å². The number of H-pyrrole nitrogens is 1. The molecule has 0 fully saturated rings. The maximum absolute atomic E-state index is 12.9. The third-order valence-corrected chi connectivity index (χ3v) is 5.08. The summed E-state index contributed by atoms with van der Waals surface area (Å²) in [5.41, 5.74) is 3.88. The molecule has 0 aliphatic carbocycles. The predicted molar refractivity (Wildman–Crippen MR) is 118 cm³/mol. The van der Waals surface area contributed by atoms with Gasteiger partial charge < -0.3 is 19.3 Å². The summed E-state index contributed by atoms with van der Waals surface area (Å²) >= 11 is 0. The van der Waals surface area contributed by atoms with E-state index < -0.39 is 0 Å². The molecule has 8 heteroatoms. The van der Waals surface area contributed by atoms with E-state index in [-0.39, 0.29) is 11.9 Å². The van der Waals surface area contributed by atoms with Crippen LogP contribution in [0.15, 0.2) is 71.8 Å². The fraction of sp³-hybridized carbons (Fsp3) is 0.130.